The third kappa shape index (κ3) is 3.80. The van der Waals surface area contributed by atoms with Gasteiger partial charge in [-0.15, -0.1) is 0 Å². The first-order valence-electron chi connectivity index (χ1n) is 8.05. The van der Waals surface area contributed by atoms with E-state index >= 15 is 0 Å². The molecule has 8 heteroatoms. The number of rotatable bonds is 6. The van der Waals surface area contributed by atoms with Gasteiger partial charge in [0.25, 0.3) is 5.91 Å². The molecule has 3 N–H and O–H groups in total. The summed E-state index contributed by atoms with van der Waals surface area (Å²) in [4.78, 5) is 15.6. The van der Waals surface area contributed by atoms with E-state index in [1.165, 1.54) is 10.5 Å². The number of nitrogens with zero attached hydrogens (tertiary/aromatic N) is 2. The smallest absolute Gasteiger partial charge is 0.252 e. The Labute approximate surface area is 146 Å². The van der Waals surface area contributed by atoms with Crippen molar-refractivity contribution in [3.05, 3.63) is 53.9 Å². The number of benzene rings is 1. The van der Waals surface area contributed by atoms with Gasteiger partial charge in [-0.25, -0.2) is 8.42 Å². The second-order valence-corrected chi connectivity index (χ2v) is 7.83. The quantitative estimate of drug-likeness (QED) is 0.813. The Balaban J connectivity index is 1.70. The van der Waals surface area contributed by atoms with Gasteiger partial charge in [-0.2, -0.15) is 4.31 Å². The molecule has 25 heavy (non-hydrogen) atoms. The molecule has 0 bridgehead atoms. The molecule has 0 unspecified atom stereocenters. The van der Waals surface area contributed by atoms with Crippen LogP contribution >= 0.6 is 0 Å². The summed E-state index contributed by atoms with van der Waals surface area (Å²) in [6.45, 7) is 1.61. The Kier molecular flexibility index (Phi) is 5.00. The predicted molar refractivity (Wildman–Crippen MR) is 94.5 cm³/mol. The number of aromatic nitrogens is 1. The van der Waals surface area contributed by atoms with Gasteiger partial charge in [0, 0.05) is 32.0 Å². The Morgan fingerprint density at radius 3 is 2.48 bits per heavy atom. The molecule has 7 nitrogen and oxygen atoms in total. The highest BCUT2D eigenvalue weighted by Crippen LogP contribution is 2.21. The number of hydrogen-bond donors (Lipinski definition) is 2. The molecule has 1 saturated heterocycles. The van der Waals surface area contributed by atoms with E-state index in [1.807, 2.05) is 0 Å². The fraction of sp³-hybridized carbons (Fsp3) is 0.294. The highest BCUT2D eigenvalue weighted by atomic mass is 32.2. The molecule has 1 aliphatic heterocycles. The van der Waals surface area contributed by atoms with Gasteiger partial charge in [0.15, 0.2) is 0 Å². The third-order valence-corrected chi connectivity index (χ3v) is 6.11. The highest BCUT2D eigenvalue weighted by molar-refractivity contribution is 7.89. The lowest BCUT2D eigenvalue weighted by Crippen LogP contribution is -2.27. The summed E-state index contributed by atoms with van der Waals surface area (Å²) < 4.78 is 26.5. The Hall–Kier alpha value is -2.45. The SMILES string of the molecule is NC(=O)c1cnccc1NCc1ccc(S(=O)(=O)N2CCCC2)cc1. The zero-order valence-electron chi connectivity index (χ0n) is 13.7. The molecule has 2 aromatic rings. The minimum Gasteiger partial charge on any atom is -0.380 e. The van der Waals surface area contributed by atoms with Gasteiger partial charge < -0.3 is 11.1 Å². The van der Waals surface area contributed by atoms with E-state index in [4.69, 9.17) is 5.73 Å². The normalized spacial score (nSPS) is 15.2. The lowest BCUT2D eigenvalue weighted by Gasteiger charge is -2.16. The second-order valence-electron chi connectivity index (χ2n) is 5.89. The van der Waals surface area contributed by atoms with Crippen LogP contribution in [0.25, 0.3) is 0 Å². The molecule has 0 radical (unpaired) electrons. The molecule has 1 aromatic carbocycles. The summed E-state index contributed by atoms with van der Waals surface area (Å²) in [7, 11) is -3.40. The molecule has 0 aliphatic carbocycles. The van der Waals surface area contributed by atoms with Gasteiger partial charge in [0.1, 0.15) is 0 Å². The summed E-state index contributed by atoms with van der Waals surface area (Å²) in [6.07, 6.45) is 4.81. The van der Waals surface area contributed by atoms with E-state index in [0.717, 1.165) is 18.4 Å². The number of amides is 1. The highest BCUT2D eigenvalue weighted by Gasteiger charge is 2.26. The number of pyridine rings is 1. The maximum absolute atomic E-state index is 12.5. The standard InChI is InChI=1S/C17H20N4O3S/c18-17(22)15-12-19-8-7-16(15)20-11-13-3-5-14(6-4-13)25(23,24)21-9-1-2-10-21/h3-8,12H,1-2,9-11H2,(H2,18,22)(H,19,20). The largest absolute Gasteiger partial charge is 0.380 e. The molecule has 1 fully saturated rings. The molecule has 3 rings (SSSR count). The number of sulfonamides is 1. The number of carbonyl (C=O) groups excluding carboxylic acids is 1. The molecular formula is C17H20N4O3S. The van der Waals surface area contributed by atoms with Crippen LogP contribution < -0.4 is 11.1 Å². The molecular weight excluding hydrogens is 340 g/mol. The first-order valence-corrected chi connectivity index (χ1v) is 9.49. The number of hydrogen-bond acceptors (Lipinski definition) is 5. The van der Waals surface area contributed by atoms with Crippen molar-refractivity contribution in [1.82, 2.24) is 9.29 Å². The van der Waals surface area contributed by atoms with Gasteiger partial charge in [-0.05, 0) is 36.6 Å². The Bertz CT molecular complexity index is 860. The van der Waals surface area contributed by atoms with E-state index in [-0.39, 0.29) is 0 Å². The van der Waals surface area contributed by atoms with Crippen molar-refractivity contribution in [3.8, 4) is 0 Å². The fourth-order valence-corrected chi connectivity index (χ4v) is 4.32. The van der Waals surface area contributed by atoms with Crippen LogP contribution in [0.4, 0.5) is 5.69 Å². The summed E-state index contributed by atoms with van der Waals surface area (Å²) in [6, 6.07) is 8.44. The van der Waals surface area contributed by atoms with E-state index in [0.29, 0.717) is 35.8 Å². The van der Waals surface area contributed by atoms with Crippen molar-refractivity contribution in [1.29, 1.82) is 0 Å². The Morgan fingerprint density at radius 1 is 1.16 bits per heavy atom. The number of nitrogens with two attached hydrogens (primary N) is 1. The van der Waals surface area contributed by atoms with Gasteiger partial charge in [0.05, 0.1) is 16.1 Å². The van der Waals surface area contributed by atoms with E-state index in [1.54, 1.807) is 36.5 Å². The van der Waals surface area contributed by atoms with Crippen molar-refractivity contribution >= 4 is 21.6 Å². The maximum Gasteiger partial charge on any atom is 0.252 e. The van der Waals surface area contributed by atoms with E-state index < -0.39 is 15.9 Å². The average Bonchev–Trinajstić information content (AvgIpc) is 3.16. The minimum atomic E-state index is -3.40. The third-order valence-electron chi connectivity index (χ3n) is 4.20. The first kappa shape index (κ1) is 17.4. The molecule has 0 saturated carbocycles. The first-order chi connectivity index (χ1) is 12.0. The summed E-state index contributed by atoms with van der Waals surface area (Å²) in [5.74, 6) is -0.553. The zero-order valence-corrected chi connectivity index (χ0v) is 14.5. The van der Waals surface area contributed by atoms with Gasteiger partial charge in [-0.3, -0.25) is 9.78 Å². The summed E-state index contributed by atoms with van der Waals surface area (Å²) in [5, 5.41) is 3.12. The summed E-state index contributed by atoms with van der Waals surface area (Å²) in [5.41, 5.74) is 7.13. The zero-order chi connectivity index (χ0) is 17.9. The predicted octanol–water partition coefficient (Wildman–Crippen LogP) is 1.58. The molecule has 0 atom stereocenters. The van der Waals surface area contributed by atoms with E-state index in [2.05, 4.69) is 10.3 Å². The molecule has 0 spiro atoms. The maximum atomic E-state index is 12.5. The molecule has 1 aromatic heterocycles. The van der Waals surface area contributed by atoms with Crippen LogP contribution in [0.15, 0.2) is 47.6 Å². The van der Waals surface area contributed by atoms with Crippen LogP contribution in [0.1, 0.15) is 28.8 Å². The summed E-state index contributed by atoms with van der Waals surface area (Å²) >= 11 is 0. The van der Waals surface area contributed by atoms with Crippen molar-refractivity contribution in [2.24, 2.45) is 5.73 Å². The van der Waals surface area contributed by atoms with Crippen molar-refractivity contribution in [3.63, 3.8) is 0 Å². The van der Waals surface area contributed by atoms with Crippen LogP contribution in [-0.2, 0) is 16.6 Å². The van der Waals surface area contributed by atoms with Crippen molar-refractivity contribution < 1.29 is 13.2 Å². The van der Waals surface area contributed by atoms with Gasteiger partial charge in [-0.1, -0.05) is 12.1 Å². The second kappa shape index (κ2) is 7.20. The lowest BCUT2D eigenvalue weighted by atomic mass is 10.2. The van der Waals surface area contributed by atoms with Crippen molar-refractivity contribution in [2.75, 3.05) is 18.4 Å². The topological polar surface area (TPSA) is 105 Å². The van der Waals surface area contributed by atoms with Gasteiger partial charge >= 0.3 is 0 Å². The monoisotopic (exact) mass is 360 g/mol. The average molecular weight is 360 g/mol. The van der Waals surface area contributed by atoms with Crippen molar-refractivity contribution in [2.45, 2.75) is 24.3 Å². The molecule has 1 amide bonds. The van der Waals surface area contributed by atoms with Crippen LogP contribution in [0, 0.1) is 0 Å². The van der Waals surface area contributed by atoms with Crippen LogP contribution in [0.5, 0.6) is 0 Å². The van der Waals surface area contributed by atoms with Crippen LogP contribution in [0.2, 0.25) is 0 Å². The number of primary amides is 1. The molecule has 132 valence electrons. The molecule has 2 heterocycles. The number of carbonyl (C=O) groups is 1. The molecule has 1 aliphatic rings. The fourth-order valence-electron chi connectivity index (χ4n) is 2.80. The van der Waals surface area contributed by atoms with Crippen LogP contribution in [-0.4, -0.2) is 36.7 Å². The minimum absolute atomic E-state index is 0.305. The number of anilines is 1. The lowest BCUT2D eigenvalue weighted by molar-refractivity contribution is 0.100. The number of nitrogens with one attached hydrogen (secondary N) is 1. The van der Waals surface area contributed by atoms with Gasteiger partial charge in [0.2, 0.25) is 10.0 Å². The Morgan fingerprint density at radius 2 is 1.84 bits per heavy atom. The van der Waals surface area contributed by atoms with E-state index in [9.17, 15) is 13.2 Å². The van der Waals surface area contributed by atoms with Crippen LogP contribution in [0.3, 0.4) is 0 Å².